The first-order valence-electron chi connectivity index (χ1n) is 6.51. The molecule has 0 heterocycles. The van der Waals surface area contributed by atoms with Gasteiger partial charge in [0.25, 0.3) is 5.91 Å². The minimum atomic E-state index is -0.597. The van der Waals surface area contributed by atoms with Crippen LogP contribution in [0.4, 0.5) is 10.1 Å². The molecule has 2 rings (SSSR count). The standard InChI is InChI=1S/C16H14Cl2FNO2/c1-9-5-12(18)6-10(2)16(9)22-8-15(21)20-14-4-3-11(17)7-13(14)19/h3-7H,8H2,1-2H3,(H,20,21). The molecule has 0 aliphatic heterocycles. The molecule has 0 spiro atoms. The number of hydrogen-bond acceptors (Lipinski definition) is 2. The van der Waals surface area contributed by atoms with Gasteiger partial charge in [0, 0.05) is 10.0 Å². The lowest BCUT2D eigenvalue weighted by atomic mass is 10.1. The molecule has 1 amide bonds. The first kappa shape index (κ1) is 16.6. The normalized spacial score (nSPS) is 10.4. The van der Waals surface area contributed by atoms with E-state index in [0.29, 0.717) is 10.8 Å². The lowest BCUT2D eigenvalue weighted by molar-refractivity contribution is -0.118. The van der Waals surface area contributed by atoms with E-state index in [0.717, 1.165) is 17.2 Å². The molecule has 0 unspecified atom stereocenters. The average molecular weight is 342 g/mol. The summed E-state index contributed by atoms with van der Waals surface area (Å²) >= 11 is 11.6. The van der Waals surface area contributed by atoms with Crippen molar-refractivity contribution in [3.05, 3.63) is 57.3 Å². The van der Waals surface area contributed by atoms with E-state index in [2.05, 4.69) is 5.32 Å². The van der Waals surface area contributed by atoms with Gasteiger partial charge in [-0.25, -0.2) is 4.39 Å². The molecule has 0 bridgehead atoms. The van der Waals surface area contributed by atoms with Gasteiger partial charge >= 0.3 is 0 Å². The Morgan fingerprint density at radius 3 is 2.36 bits per heavy atom. The fraction of sp³-hybridized carbons (Fsp3) is 0.188. The van der Waals surface area contributed by atoms with Crippen LogP contribution in [-0.4, -0.2) is 12.5 Å². The molecule has 22 heavy (non-hydrogen) atoms. The molecule has 0 aliphatic rings. The van der Waals surface area contributed by atoms with Gasteiger partial charge in [-0.05, 0) is 55.3 Å². The number of benzene rings is 2. The van der Waals surface area contributed by atoms with E-state index in [1.54, 1.807) is 12.1 Å². The topological polar surface area (TPSA) is 38.3 Å². The maximum atomic E-state index is 13.6. The van der Waals surface area contributed by atoms with Gasteiger partial charge in [-0.1, -0.05) is 23.2 Å². The summed E-state index contributed by atoms with van der Waals surface area (Å²) in [6.45, 7) is 3.45. The Morgan fingerprint density at radius 2 is 1.77 bits per heavy atom. The third-order valence-corrected chi connectivity index (χ3v) is 3.43. The van der Waals surface area contributed by atoms with Crippen LogP contribution in [0.3, 0.4) is 0 Å². The molecule has 0 atom stereocenters. The highest BCUT2D eigenvalue weighted by Crippen LogP contribution is 2.27. The predicted molar refractivity (Wildman–Crippen MR) is 86.5 cm³/mol. The summed E-state index contributed by atoms with van der Waals surface area (Å²) in [5, 5.41) is 3.30. The van der Waals surface area contributed by atoms with Crippen LogP contribution in [0.5, 0.6) is 5.75 Å². The van der Waals surface area contributed by atoms with Gasteiger partial charge in [-0.15, -0.1) is 0 Å². The zero-order valence-corrected chi connectivity index (χ0v) is 13.6. The zero-order valence-electron chi connectivity index (χ0n) is 12.0. The molecule has 116 valence electrons. The molecule has 2 aromatic rings. The number of carbonyl (C=O) groups is 1. The van der Waals surface area contributed by atoms with Crippen molar-refractivity contribution >= 4 is 34.8 Å². The van der Waals surface area contributed by atoms with E-state index in [1.807, 2.05) is 13.8 Å². The van der Waals surface area contributed by atoms with Crippen LogP contribution in [0.2, 0.25) is 10.0 Å². The highest BCUT2D eigenvalue weighted by atomic mass is 35.5. The molecule has 0 radical (unpaired) electrons. The fourth-order valence-electron chi connectivity index (χ4n) is 2.04. The molecule has 0 saturated heterocycles. The molecule has 6 heteroatoms. The maximum Gasteiger partial charge on any atom is 0.262 e. The minimum absolute atomic E-state index is 0.0579. The van der Waals surface area contributed by atoms with E-state index in [-0.39, 0.29) is 17.3 Å². The van der Waals surface area contributed by atoms with Crippen molar-refractivity contribution in [2.24, 2.45) is 0 Å². The second-order valence-electron chi connectivity index (χ2n) is 4.83. The van der Waals surface area contributed by atoms with Crippen molar-refractivity contribution in [2.45, 2.75) is 13.8 Å². The lowest BCUT2D eigenvalue weighted by Crippen LogP contribution is -2.21. The zero-order chi connectivity index (χ0) is 16.3. The van der Waals surface area contributed by atoms with Crippen molar-refractivity contribution in [3.63, 3.8) is 0 Å². The molecule has 1 N–H and O–H groups in total. The Labute approximate surface area is 138 Å². The average Bonchev–Trinajstić information content (AvgIpc) is 2.40. The number of anilines is 1. The van der Waals surface area contributed by atoms with Crippen LogP contribution in [0.1, 0.15) is 11.1 Å². The lowest BCUT2D eigenvalue weighted by Gasteiger charge is -2.13. The number of halogens is 3. The first-order chi connectivity index (χ1) is 10.4. The molecule has 0 saturated carbocycles. The molecular formula is C16H14Cl2FNO2. The Hall–Kier alpha value is -1.78. The number of carbonyl (C=O) groups excluding carboxylic acids is 1. The monoisotopic (exact) mass is 341 g/mol. The van der Waals surface area contributed by atoms with E-state index >= 15 is 0 Å². The Morgan fingerprint density at radius 1 is 1.14 bits per heavy atom. The summed E-state index contributed by atoms with van der Waals surface area (Å²) in [5.41, 5.74) is 1.72. The molecule has 0 aliphatic carbocycles. The molecule has 3 nitrogen and oxygen atoms in total. The highest BCUT2D eigenvalue weighted by molar-refractivity contribution is 6.31. The van der Waals surface area contributed by atoms with E-state index in [9.17, 15) is 9.18 Å². The van der Waals surface area contributed by atoms with Crippen LogP contribution in [-0.2, 0) is 4.79 Å². The number of aryl methyl sites for hydroxylation is 2. The van der Waals surface area contributed by atoms with Gasteiger partial charge in [0.05, 0.1) is 5.69 Å². The molecular weight excluding hydrogens is 328 g/mol. The van der Waals surface area contributed by atoms with Crippen molar-refractivity contribution in [1.29, 1.82) is 0 Å². The highest BCUT2D eigenvalue weighted by Gasteiger charge is 2.11. The van der Waals surface area contributed by atoms with Gasteiger partial charge in [-0.3, -0.25) is 4.79 Å². The van der Waals surface area contributed by atoms with Gasteiger partial charge in [0.1, 0.15) is 11.6 Å². The van der Waals surface area contributed by atoms with Gasteiger partial charge in [0.15, 0.2) is 6.61 Å². The number of amides is 1. The second kappa shape index (κ2) is 6.99. The summed E-state index contributed by atoms with van der Waals surface area (Å²) in [7, 11) is 0. The summed E-state index contributed by atoms with van der Waals surface area (Å²) in [6, 6.07) is 7.52. The van der Waals surface area contributed by atoms with E-state index in [1.165, 1.54) is 12.1 Å². The molecule has 2 aromatic carbocycles. The number of rotatable bonds is 4. The molecule has 0 fully saturated rings. The van der Waals surface area contributed by atoms with E-state index in [4.69, 9.17) is 27.9 Å². The first-order valence-corrected chi connectivity index (χ1v) is 7.27. The van der Waals surface area contributed by atoms with Crippen molar-refractivity contribution < 1.29 is 13.9 Å². The number of nitrogens with one attached hydrogen (secondary N) is 1. The predicted octanol–water partition coefficient (Wildman–Crippen LogP) is 4.77. The fourth-order valence-corrected chi connectivity index (χ4v) is 2.53. The quantitative estimate of drug-likeness (QED) is 0.869. The summed E-state index contributed by atoms with van der Waals surface area (Å²) in [6.07, 6.45) is 0. The molecule has 0 aromatic heterocycles. The summed E-state index contributed by atoms with van der Waals surface area (Å²) in [4.78, 5) is 11.9. The van der Waals surface area contributed by atoms with Crippen molar-refractivity contribution in [2.75, 3.05) is 11.9 Å². The smallest absolute Gasteiger partial charge is 0.262 e. The summed E-state index contributed by atoms with van der Waals surface area (Å²) < 4.78 is 19.1. The van der Waals surface area contributed by atoms with Crippen LogP contribution < -0.4 is 10.1 Å². The Balaban J connectivity index is 2.02. The van der Waals surface area contributed by atoms with Gasteiger partial charge < -0.3 is 10.1 Å². The third kappa shape index (κ3) is 4.12. The van der Waals surface area contributed by atoms with E-state index < -0.39 is 11.7 Å². The SMILES string of the molecule is Cc1cc(Cl)cc(C)c1OCC(=O)Nc1ccc(Cl)cc1F. The van der Waals surface area contributed by atoms with Crippen molar-refractivity contribution in [3.8, 4) is 5.75 Å². The Kier molecular flexibility index (Phi) is 5.27. The van der Waals surface area contributed by atoms with Crippen LogP contribution >= 0.6 is 23.2 Å². The Bertz CT molecular complexity index is 696. The van der Waals surface area contributed by atoms with Gasteiger partial charge in [0.2, 0.25) is 0 Å². The van der Waals surface area contributed by atoms with Crippen LogP contribution in [0.15, 0.2) is 30.3 Å². The van der Waals surface area contributed by atoms with Crippen molar-refractivity contribution in [1.82, 2.24) is 0 Å². The number of hydrogen-bond donors (Lipinski definition) is 1. The third-order valence-electron chi connectivity index (χ3n) is 2.98. The van der Waals surface area contributed by atoms with Crippen LogP contribution in [0, 0.1) is 19.7 Å². The largest absolute Gasteiger partial charge is 0.483 e. The second-order valence-corrected chi connectivity index (χ2v) is 5.70. The minimum Gasteiger partial charge on any atom is -0.483 e. The summed E-state index contributed by atoms with van der Waals surface area (Å²) in [5.74, 6) is -0.467. The van der Waals surface area contributed by atoms with Crippen LogP contribution in [0.25, 0.3) is 0 Å². The maximum absolute atomic E-state index is 13.6. The number of ether oxygens (including phenoxy) is 1. The van der Waals surface area contributed by atoms with Gasteiger partial charge in [-0.2, -0.15) is 0 Å².